The molecule has 4 nitrogen and oxygen atoms in total. The van der Waals surface area contributed by atoms with Gasteiger partial charge >= 0.3 is 0 Å². The molecule has 0 saturated heterocycles. The molecule has 3 rings (SSSR count). The predicted octanol–water partition coefficient (Wildman–Crippen LogP) is 2.24. The second-order valence-electron chi connectivity index (χ2n) is 6.04. The van der Waals surface area contributed by atoms with Crippen molar-refractivity contribution in [1.82, 2.24) is 9.97 Å². The van der Waals surface area contributed by atoms with E-state index in [0.29, 0.717) is 5.95 Å². The van der Waals surface area contributed by atoms with Gasteiger partial charge in [0.25, 0.3) is 0 Å². The second kappa shape index (κ2) is 4.41. The molecule has 2 saturated carbocycles. The smallest absolute Gasteiger partial charge is 0.222 e. The SMILES string of the molecule is Cc1cc(N(C)CC2CC3CCC2C3)nc(N)n1. The second-order valence-corrected chi connectivity index (χ2v) is 6.04. The van der Waals surface area contributed by atoms with Crippen molar-refractivity contribution in [3.8, 4) is 0 Å². The third kappa shape index (κ3) is 2.16. The van der Waals surface area contributed by atoms with Crippen LogP contribution in [0.4, 0.5) is 11.8 Å². The molecular weight excluding hydrogens is 224 g/mol. The zero-order valence-corrected chi connectivity index (χ0v) is 11.3. The zero-order chi connectivity index (χ0) is 12.7. The Kier molecular flexibility index (Phi) is 2.88. The van der Waals surface area contributed by atoms with E-state index < -0.39 is 0 Å². The molecule has 2 bridgehead atoms. The van der Waals surface area contributed by atoms with Crippen LogP contribution in [-0.2, 0) is 0 Å². The zero-order valence-electron chi connectivity index (χ0n) is 11.3. The Bertz CT molecular complexity index is 425. The van der Waals surface area contributed by atoms with Crippen LogP contribution < -0.4 is 10.6 Å². The van der Waals surface area contributed by atoms with E-state index in [2.05, 4.69) is 21.9 Å². The van der Waals surface area contributed by atoms with E-state index in [9.17, 15) is 0 Å². The number of hydrogen-bond donors (Lipinski definition) is 1. The number of nitrogens with zero attached hydrogens (tertiary/aromatic N) is 3. The fourth-order valence-electron chi connectivity index (χ4n) is 3.82. The Balaban J connectivity index is 1.69. The van der Waals surface area contributed by atoms with Crippen LogP contribution in [0.3, 0.4) is 0 Å². The molecule has 18 heavy (non-hydrogen) atoms. The van der Waals surface area contributed by atoms with E-state index in [0.717, 1.165) is 35.8 Å². The van der Waals surface area contributed by atoms with E-state index in [4.69, 9.17) is 5.73 Å². The number of rotatable bonds is 3. The topological polar surface area (TPSA) is 55.0 Å². The first kappa shape index (κ1) is 11.8. The van der Waals surface area contributed by atoms with Crippen LogP contribution in [0.1, 0.15) is 31.4 Å². The largest absolute Gasteiger partial charge is 0.368 e. The number of nitrogen functional groups attached to an aromatic ring is 1. The highest BCUT2D eigenvalue weighted by Gasteiger charge is 2.39. The van der Waals surface area contributed by atoms with Gasteiger partial charge in [0.1, 0.15) is 5.82 Å². The Morgan fingerprint density at radius 3 is 2.78 bits per heavy atom. The van der Waals surface area contributed by atoms with Crippen LogP contribution in [0, 0.1) is 24.7 Å². The van der Waals surface area contributed by atoms with Gasteiger partial charge in [-0.1, -0.05) is 6.42 Å². The van der Waals surface area contributed by atoms with E-state index in [1.807, 2.05) is 13.0 Å². The van der Waals surface area contributed by atoms with Crippen molar-refractivity contribution in [2.75, 3.05) is 24.2 Å². The van der Waals surface area contributed by atoms with Crippen LogP contribution in [0.25, 0.3) is 0 Å². The minimum atomic E-state index is 0.379. The fourth-order valence-corrected chi connectivity index (χ4v) is 3.82. The number of nitrogens with two attached hydrogens (primary N) is 1. The Morgan fingerprint density at radius 1 is 1.33 bits per heavy atom. The summed E-state index contributed by atoms with van der Waals surface area (Å²) in [6.07, 6.45) is 5.77. The molecule has 3 atom stereocenters. The van der Waals surface area contributed by atoms with Crippen molar-refractivity contribution >= 4 is 11.8 Å². The maximum absolute atomic E-state index is 5.72. The lowest BCUT2D eigenvalue weighted by Gasteiger charge is -2.28. The highest BCUT2D eigenvalue weighted by molar-refractivity contribution is 5.42. The molecule has 1 aromatic heterocycles. The summed E-state index contributed by atoms with van der Waals surface area (Å²) in [7, 11) is 2.12. The average Bonchev–Trinajstić information content (AvgIpc) is 2.89. The lowest BCUT2D eigenvalue weighted by Crippen LogP contribution is -2.29. The average molecular weight is 246 g/mol. The minimum absolute atomic E-state index is 0.379. The van der Waals surface area contributed by atoms with Gasteiger partial charge < -0.3 is 10.6 Å². The van der Waals surface area contributed by atoms with Gasteiger partial charge in [-0.05, 0) is 43.9 Å². The maximum atomic E-state index is 5.72. The summed E-state index contributed by atoms with van der Waals surface area (Å²) in [5.74, 6) is 4.15. The number of aromatic nitrogens is 2. The summed E-state index contributed by atoms with van der Waals surface area (Å²) >= 11 is 0. The molecule has 0 aromatic carbocycles. The minimum Gasteiger partial charge on any atom is -0.368 e. The Hall–Kier alpha value is -1.32. The standard InChI is InChI=1S/C14H22N4/c1-9-5-13(17-14(15)16-9)18(2)8-12-7-10-3-4-11(12)6-10/h5,10-12H,3-4,6-8H2,1-2H3,(H2,15,16,17). The lowest BCUT2D eigenvalue weighted by molar-refractivity contribution is 0.337. The van der Waals surface area contributed by atoms with Crippen LogP contribution in [-0.4, -0.2) is 23.6 Å². The molecule has 0 aliphatic heterocycles. The van der Waals surface area contributed by atoms with Gasteiger partial charge in [0.15, 0.2) is 0 Å². The van der Waals surface area contributed by atoms with Gasteiger partial charge in [-0.2, -0.15) is 4.98 Å². The molecule has 3 unspecified atom stereocenters. The van der Waals surface area contributed by atoms with Crippen molar-refractivity contribution in [2.45, 2.75) is 32.6 Å². The van der Waals surface area contributed by atoms with Crippen molar-refractivity contribution in [2.24, 2.45) is 17.8 Å². The van der Waals surface area contributed by atoms with Crippen LogP contribution in [0.2, 0.25) is 0 Å². The molecule has 1 heterocycles. The molecule has 0 radical (unpaired) electrons. The molecule has 2 aliphatic rings. The summed E-state index contributed by atoms with van der Waals surface area (Å²) in [5.41, 5.74) is 6.66. The molecular formula is C14H22N4. The Labute approximate surface area is 109 Å². The lowest BCUT2D eigenvalue weighted by atomic mass is 9.88. The third-order valence-electron chi connectivity index (χ3n) is 4.64. The first-order valence-electron chi connectivity index (χ1n) is 6.94. The quantitative estimate of drug-likeness (QED) is 0.888. The van der Waals surface area contributed by atoms with Crippen LogP contribution in [0.15, 0.2) is 6.07 Å². The summed E-state index contributed by atoms with van der Waals surface area (Å²) in [6, 6.07) is 2.02. The number of anilines is 2. The normalized spacial score (nSPS) is 29.8. The van der Waals surface area contributed by atoms with Gasteiger partial charge in [-0.25, -0.2) is 4.98 Å². The third-order valence-corrected chi connectivity index (χ3v) is 4.64. The number of aryl methyl sites for hydroxylation is 1. The van der Waals surface area contributed by atoms with E-state index in [-0.39, 0.29) is 0 Å². The number of hydrogen-bond acceptors (Lipinski definition) is 4. The molecule has 2 aliphatic carbocycles. The summed E-state index contributed by atoms with van der Waals surface area (Å²) in [4.78, 5) is 10.7. The number of fused-ring (bicyclic) bond motifs is 2. The summed E-state index contributed by atoms with van der Waals surface area (Å²) in [6.45, 7) is 3.07. The molecule has 2 N–H and O–H groups in total. The molecule has 0 spiro atoms. The van der Waals surface area contributed by atoms with Crippen molar-refractivity contribution in [3.63, 3.8) is 0 Å². The van der Waals surface area contributed by atoms with Gasteiger partial charge in [-0.3, -0.25) is 0 Å². The molecule has 98 valence electrons. The summed E-state index contributed by atoms with van der Waals surface area (Å²) in [5, 5.41) is 0. The molecule has 1 aromatic rings. The van der Waals surface area contributed by atoms with Crippen molar-refractivity contribution in [3.05, 3.63) is 11.8 Å². The van der Waals surface area contributed by atoms with E-state index in [1.54, 1.807) is 0 Å². The highest BCUT2D eigenvalue weighted by Crippen LogP contribution is 2.48. The molecule has 4 heteroatoms. The maximum Gasteiger partial charge on any atom is 0.222 e. The van der Waals surface area contributed by atoms with Crippen LogP contribution in [0.5, 0.6) is 0 Å². The fraction of sp³-hybridized carbons (Fsp3) is 0.714. The van der Waals surface area contributed by atoms with Gasteiger partial charge in [-0.15, -0.1) is 0 Å². The monoisotopic (exact) mass is 246 g/mol. The van der Waals surface area contributed by atoms with Gasteiger partial charge in [0.05, 0.1) is 0 Å². The van der Waals surface area contributed by atoms with E-state index in [1.165, 1.54) is 25.7 Å². The first-order chi connectivity index (χ1) is 8.61. The highest BCUT2D eigenvalue weighted by atomic mass is 15.2. The van der Waals surface area contributed by atoms with Crippen molar-refractivity contribution < 1.29 is 0 Å². The van der Waals surface area contributed by atoms with Crippen LogP contribution >= 0.6 is 0 Å². The Morgan fingerprint density at radius 2 is 2.17 bits per heavy atom. The summed E-state index contributed by atoms with van der Waals surface area (Å²) < 4.78 is 0. The first-order valence-corrected chi connectivity index (χ1v) is 6.94. The molecule has 2 fully saturated rings. The van der Waals surface area contributed by atoms with Crippen molar-refractivity contribution in [1.29, 1.82) is 0 Å². The predicted molar refractivity (Wildman–Crippen MR) is 73.4 cm³/mol. The molecule has 0 amide bonds. The van der Waals surface area contributed by atoms with Gasteiger partial charge in [0, 0.05) is 25.4 Å². The van der Waals surface area contributed by atoms with E-state index >= 15 is 0 Å². The van der Waals surface area contributed by atoms with Gasteiger partial charge in [0.2, 0.25) is 5.95 Å².